The molecule has 1 unspecified atom stereocenters. The summed E-state index contributed by atoms with van der Waals surface area (Å²) in [6.07, 6.45) is 1.36. The number of thiophene rings is 1. The Bertz CT molecular complexity index is 407. The van der Waals surface area contributed by atoms with Gasteiger partial charge >= 0.3 is 0 Å². The Hall–Kier alpha value is -0.170. The minimum absolute atomic E-state index is 0.101. The highest BCUT2D eigenvalue weighted by atomic mass is 35.5. The molecule has 1 aliphatic heterocycles. The van der Waals surface area contributed by atoms with Gasteiger partial charge in [-0.1, -0.05) is 11.6 Å². The molecule has 0 aliphatic carbocycles. The lowest BCUT2D eigenvalue weighted by Crippen LogP contribution is -2.47. The highest BCUT2D eigenvalue weighted by Gasteiger charge is 2.33. The molecule has 4 nitrogen and oxygen atoms in total. The Morgan fingerprint density at radius 3 is 2.74 bits per heavy atom. The molecule has 0 aromatic carbocycles. The van der Waals surface area contributed by atoms with Gasteiger partial charge in [0.1, 0.15) is 0 Å². The molecular formula is C13H21ClN2O2S. The van der Waals surface area contributed by atoms with Crippen molar-refractivity contribution in [3.8, 4) is 0 Å². The molecule has 1 fully saturated rings. The SMILES string of the molecule is CN(CC1(O)CCOCC1)C(CN)c1ccc(Cl)s1. The van der Waals surface area contributed by atoms with Gasteiger partial charge in [-0.2, -0.15) is 0 Å². The third-order valence-electron chi connectivity index (χ3n) is 3.64. The molecule has 1 aliphatic rings. The van der Waals surface area contributed by atoms with E-state index in [1.54, 1.807) is 11.3 Å². The van der Waals surface area contributed by atoms with Crippen LogP contribution in [0.4, 0.5) is 0 Å². The summed E-state index contributed by atoms with van der Waals surface area (Å²) < 4.78 is 6.07. The van der Waals surface area contributed by atoms with Crippen LogP contribution < -0.4 is 5.73 Å². The van der Waals surface area contributed by atoms with Crippen LogP contribution in [0, 0.1) is 0 Å². The molecule has 0 bridgehead atoms. The highest BCUT2D eigenvalue weighted by Crippen LogP contribution is 2.31. The van der Waals surface area contributed by atoms with Crippen molar-refractivity contribution in [3.05, 3.63) is 21.3 Å². The summed E-state index contributed by atoms with van der Waals surface area (Å²) in [5.74, 6) is 0. The molecule has 6 heteroatoms. The lowest BCUT2D eigenvalue weighted by atomic mass is 9.93. The third-order valence-corrected chi connectivity index (χ3v) is 4.98. The predicted molar refractivity (Wildman–Crippen MR) is 78.8 cm³/mol. The maximum absolute atomic E-state index is 10.6. The van der Waals surface area contributed by atoms with E-state index < -0.39 is 5.60 Å². The van der Waals surface area contributed by atoms with E-state index in [4.69, 9.17) is 22.1 Å². The minimum atomic E-state index is -0.665. The standard InChI is InChI=1S/C13H21ClN2O2S/c1-16(9-13(17)4-6-18-7-5-13)10(8-15)11-2-3-12(14)19-11/h2-3,10,17H,4-9,15H2,1H3. The Morgan fingerprint density at radius 2 is 2.21 bits per heavy atom. The molecule has 2 rings (SSSR count). The molecular weight excluding hydrogens is 284 g/mol. The van der Waals surface area contributed by atoms with Gasteiger partial charge in [0.15, 0.2) is 0 Å². The largest absolute Gasteiger partial charge is 0.388 e. The first kappa shape index (κ1) is 15.2. The molecule has 1 atom stereocenters. The van der Waals surface area contributed by atoms with Gasteiger partial charge in [-0.3, -0.25) is 4.90 Å². The topological polar surface area (TPSA) is 58.7 Å². The van der Waals surface area contributed by atoms with E-state index in [9.17, 15) is 5.11 Å². The fourth-order valence-electron chi connectivity index (χ4n) is 2.50. The minimum Gasteiger partial charge on any atom is -0.388 e. The second-order valence-electron chi connectivity index (χ2n) is 5.15. The monoisotopic (exact) mass is 304 g/mol. The van der Waals surface area contributed by atoms with Gasteiger partial charge in [0.2, 0.25) is 0 Å². The maximum atomic E-state index is 10.6. The summed E-state index contributed by atoms with van der Waals surface area (Å²) >= 11 is 7.53. The van der Waals surface area contributed by atoms with Gasteiger partial charge in [0.25, 0.3) is 0 Å². The lowest BCUT2D eigenvalue weighted by molar-refractivity contribution is -0.0811. The molecule has 2 heterocycles. The number of nitrogens with zero attached hydrogens (tertiary/aromatic N) is 1. The van der Waals surface area contributed by atoms with Gasteiger partial charge in [0, 0.05) is 44.0 Å². The molecule has 0 amide bonds. The number of likely N-dealkylation sites (N-methyl/N-ethyl adjacent to an activating group) is 1. The van der Waals surface area contributed by atoms with Crippen molar-refractivity contribution in [2.45, 2.75) is 24.5 Å². The van der Waals surface area contributed by atoms with Crippen LogP contribution in [-0.2, 0) is 4.74 Å². The van der Waals surface area contributed by atoms with Crippen LogP contribution in [0.15, 0.2) is 12.1 Å². The van der Waals surface area contributed by atoms with E-state index in [0.29, 0.717) is 39.1 Å². The van der Waals surface area contributed by atoms with E-state index in [0.717, 1.165) is 9.21 Å². The average molecular weight is 305 g/mol. The molecule has 0 saturated carbocycles. The van der Waals surface area contributed by atoms with Gasteiger partial charge < -0.3 is 15.6 Å². The van der Waals surface area contributed by atoms with E-state index >= 15 is 0 Å². The Morgan fingerprint density at radius 1 is 1.53 bits per heavy atom. The molecule has 19 heavy (non-hydrogen) atoms. The number of halogens is 1. The number of aliphatic hydroxyl groups is 1. The molecule has 0 spiro atoms. The summed E-state index contributed by atoms with van der Waals surface area (Å²) in [6.45, 7) is 2.37. The first-order valence-electron chi connectivity index (χ1n) is 6.50. The van der Waals surface area contributed by atoms with Gasteiger partial charge in [0.05, 0.1) is 16.0 Å². The summed E-state index contributed by atoms with van der Waals surface area (Å²) in [5.41, 5.74) is 5.21. The Balaban J connectivity index is 2.02. The number of nitrogens with two attached hydrogens (primary N) is 1. The summed E-state index contributed by atoms with van der Waals surface area (Å²) in [7, 11) is 2.00. The summed E-state index contributed by atoms with van der Waals surface area (Å²) in [6, 6.07) is 4.00. The first-order valence-corrected chi connectivity index (χ1v) is 7.69. The number of ether oxygens (including phenoxy) is 1. The Kier molecular flexibility index (Phi) is 5.22. The quantitative estimate of drug-likeness (QED) is 0.872. The zero-order chi connectivity index (χ0) is 13.9. The van der Waals surface area contributed by atoms with Crippen LogP contribution >= 0.6 is 22.9 Å². The number of hydrogen-bond acceptors (Lipinski definition) is 5. The van der Waals surface area contributed by atoms with Crippen molar-refractivity contribution in [2.24, 2.45) is 5.73 Å². The van der Waals surface area contributed by atoms with Crippen LogP contribution in [-0.4, -0.2) is 49.0 Å². The van der Waals surface area contributed by atoms with Crippen molar-refractivity contribution in [3.63, 3.8) is 0 Å². The molecule has 1 aromatic rings. The van der Waals surface area contributed by atoms with E-state index in [2.05, 4.69) is 4.90 Å². The second-order valence-corrected chi connectivity index (χ2v) is 6.89. The van der Waals surface area contributed by atoms with Crippen LogP contribution in [0.3, 0.4) is 0 Å². The number of hydrogen-bond donors (Lipinski definition) is 2. The van der Waals surface area contributed by atoms with Crippen LogP contribution in [0.25, 0.3) is 0 Å². The predicted octanol–water partition coefficient (Wildman–Crippen LogP) is 1.87. The van der Waals surface area contributed by atoms with Crippen molar-refractivity contribution < 1.29 is 9.84 Å². The molecule has 3 N–H and O–H groups in total. The Labute approximate surface area is 123 Å². The van der Waals surface area contributed by atoms with Crippen molar-refractivity contribution in [2.75, 3.05) is 33.4 Å². The van der Waals surface area contributed by atoms with Crippen LogP contribution in [0.2, 0.25) is 4.34 Å². The average Bonchev–Trinajstić information content (AvgIpc) is 2.77. The molecule has 1 saturated heterocycles. The van der Waals surface area contributed by atoms with Gasteiger partial charge in [-0.15, -0.1) is 11.3 Å². The molecule has 0 radical (unpaired) electrons. The zero-order valence-corrected chi connectivity index (χ0v) is 12.7. The third kappa shape index (κ3) is 3.90. The van der Waals surface area contributed by atoms with Gasteiger partial charge in [-0.05, 0) is 19.2 Å². The van der Waals surface area contributed by atoms with Crippen LogP contribution in [0.5, 0.6) is 0 Å². The smallest absolute Gasteiger partial charge is 0.0931 e. The van der Waals surface area contributed by atoms with E-state index in [-0.39, 0.29) is 6.04 Å². The summed E-state index contributed by atoms with van der Waals surface area (Å²) in [5, 5.41) is 10.6. The highest BCUT2D eigenvalue weighted by molar-refractivity contribution is 7.16. The normalized spacial score (nSPS) is 20.7. The van der Waals surface area contributed by atoms with Crippen molar-refractivity contribution in [1.82, 2.24) is 4.90 Å². The van der Waals surface area contributed by atoms with E-state index in [1.807, 2.05) is 19.2 Å². The zero-order valence-electron chi connectivity index (χ0n) is 11.1. The van der Waals surface area contributed by atoms with Crippen molar-refractivity contribution >= 4 is 22.9 Å². The fraction of sp³-hybridized carbons (Fsp3) is 0.692. The second kappa shape index (κ2) is 6.52. The number of rotatable bonds is 5. The molecule has 1 aromatic heterocycles. The summed E-state index contributed by atoms with van der Waals surface area (Å²) in [4.78, 5) is 3.26. The lowest BCUT2D eigenvalue weighted by Gasteiger charge is -2.38. The first-order chi connectivity index (χ1) is 9.04. The van der Waals surface area contributed by atoms with Gasteiger partial charge in [-0.25, -0.2) is 0 Å². The van der Waals surface area contributed by atoms with Crippen LogP contribution in [0.1, 0.15) is 23.8 Å². The van der Waals surface area contributed by atoms with Crippen molar-refractivity contribution in [1.29, 1.82) is 0 Å². The van der Waals surface area contributed by atoms with E-state index in [1.165, 1.54) is 0 Å². The maximum Gasteiger partial charge on any atom is 0.0931 e. The molecule has 108 valence electrons. The fourth-order valence-corrected chi connectivity index (χ4v) is 3.74.